The third-order valence-corrected chi connectivity index (χ3v) is 24.7. The lowest BCUT2D eigenvalue weighted by molar-refractivity contribution is -0.152. The molecular weight excluding hydrogens is 1760 g/mol. The summed E-state index contributed by atoms with van der Waals surface area (Å²) >= 11 is 0.685. The lowest BCUT2D eigenvalue weighted by Crippen LogP contribution is -2.62. The number of aromatic nitrogens is 1. The summed E-state index contributed by atoms with van der Waals surface area (Å²) in [5.41, 5.74) is 19.3. The Morgan fingerprint density at radius 3 is 1.62 bits per heavy atom. The van der Waals surface area contributed by atoms with Gasteiger partial charge in [0.25, 0.3) is 0 Å². The SMILES string of the molecule is CCCC[C@H]1C(=O)N2C[C@H](O)C[C@@H]2C(=O)N[C@@H](CC(=O)O)C(=O)N[C@@H](C(C)C)C(=O)N(C)[C@@H](Cc2ccccc2)C(=O)N[C@@H](CCC(N)=O)C(=O)N2C[C@H](O)C[C@@H]2C(=O)N[C@@H](Cc2c[nH]c3ccccc23)C(=O)N[C@@H](Cc2ccc(O)cc2)C(=O)N[C@@H](CCCN)C(=O)N[C@H](C(=O)NCC(N)=O)CSCC(=O)N[C@@H](Cc2ccc(F)c(F)c2)C(=O)N(C)[C@@H](Cc2ccccc2)C(=O)N1C. The highest BCUT2D eigenvalue weighted by Crippen LogP contribution is 2.29. The molecule has 9 rings (SSSR count). The predicted octanol–water partition coefficient (Wildman–Crippen LogP) is -1.38. The van der Waals surface area contributed by atoms with Gasteiger partial charge in [-0.1, -0.05) is 131 Å². The lowest BCUT2D eigenvalue weighted by atomic mass is 9.98. The molecule has 16 amide bonds. The van der Waals surface area contributed by atoms with Gasteiger partial charge in [0.1, 0.15) is 84.3 Å². The van der Waals surface area contributed by atoms with E-state index in [0.29, 0.717) is 51.3 Å². The number of nitrogens with two attached hydrogens (primary N) is 3. The number of aliphatic hydroxyl groups is 2. The van der Waals surface area contributed by atoms with Crippen LogP contribution in [-0.2, 0) is 114 Å². The summed E-state index contributed by atoms with van der Waals surface area (Å²) < 4.78 is 29.8. The third-order valence-electron chi connectivity index (χ3n) is 23.7. The largest absolute Gasteiger partial charge is 0.508 e. The number of benzene rings is 5. The number of likely N-dealkylation sites (N-methyl/N-ethyl adjacent to an activating group) is 3. The summed E-state index contributed by atoms with van der Waals surface area (Å²) in [6, 6.07) is 9.23. The maximum absolute atomic E-state index is 15.7. The van der Waals surface area contributed by atoms with E-state index in [0.717, 1.165) is 42.7 Å². The number of phenols is 1. The number of carbonyl (C=O) groups excluding carboxylic acids is 16. The number of fused-ring (bicyclic) bond motifs is 3. The molecule has 722 valence electrons. The molecule has 20 N–H and O–H groups in total. The molecule has 0 aliphatic carbocycles. The summed E-state index contributed by atoms with van der Waals surface area (Å²) in [4.78, 5) is 258. The van der Waals surface area contributed by atoms with E-state index >= 15 is 47.5 Å². The fourth-order valence-electron chi connectivity index (χ4n) is 16.3. The van der Waals surface area contributed by atoms with Crippen molar-refractivity contribution in [3.8, 4) is 5.75 Å². The van der Waals surface area contributed by atoms with Gasteiger partial charge in [0.15, 0.2) is 11.6 Å². The maximum atomic E-state index is 15.7. The number of aromatic amines is 1. The first-order valence-corrected chi connectivity index (χ1v) is 45.3. The summed E-state index contributed by atoms with van der Waals surface area (Å²) in [7, 11) is 3.67. The van der Waals surface area contributed by atoms with E-state index in [2.05, 4.69) is 52.8 Å². The number of hydrogen-bond donors (Lipinski definition) is 17. The number of aliphatic hydroxyl groups excluding tert-OH is 2. The Kier molecular flexibility index (Phi) is 38.4. The van der Waals surface area contributed by atoms with E-state index in [1.54, 1.807) is 98.0 Å². The van der Waals surface area contributed by atoms with Crippen molar-refractivity contribution in [2.45, 2.75) is 208 Å². The van der Waals surface area contributed by atoms with Crippen molar-refractivity contribution in [2.24, 2.45) is 23.1 Å². The van der Waals surface area contributed by atoms with Crippen LogP contribution in [0.2, 0.25) is 0 Å². The number of carboxylic acids is 1. The quantitative estimate of drug-likeness (QED) is 0.0314. The Labute approximate surface area is 776 Å². The van der Waals surface area contributed by atoms with Crippen LogP contribution in [0.15, 0.2) is 134 Å². The number of aromatic hydroxyl groups is 1. The number of hydrogen-bond acceptors (Lipinski definition) is 22. The van der Waals surface area contributed by atoms with Crippen molar-refractivity contribution in [3.05, 3.63) is 173 Å². The van der Waals surface area contributed by atoms with E-state index in [-0.39, 0.29) is 62.8 Å². The number of H-pyrrole nitrogens is 1. The maximum Gasteiger partial charge on any atom is 0.305 e. The molecule has 0 spiro atoms. The Bertz CT molecular complexity index is 5220. The fraction of sp³-hybridized carbons (Fsp3) is 0.467. The van der Waals surface area contributed by atoms with Crippen LogP contribution in [-0.4, -0.2) is 300 Å². The molecule has 3 fully saturated rings. The van der Waals surface area contributed by atoms with Gasteiger partial charge in [-0.3, -0.25) is 81.5 Å². The van der Waals surface area contributed by atoms with Crippen molar-refractivity contribution in [3.63, 3.8) is 0 Å². The number of rotatable bonds is 25. The van der Waals surface area contributed by atoms with Gasteiger partial charge in [-0.2, -0.15) is 0 Å². The summed E-state index contributed by atoms with van der Waals surface area (Å²) in [5, 5.41) is 67.4. The highest BCUT2D eigenvalue weighted by molar-refractivity contribution is 8.00. The van der Waals surface area contributed by atoms with Gasteiger partial charge < -0.3 is 115 Å². The molecular formula is C92H118F2N18O21S. The zero-order valence-electron chi connectivity index (χ0n) is 75.1. The van der Waals surface area contributed by atoms with E-state index in [4.69, 9.17) is 17.2 Å². The van der Waals surface area contributed by atoms with Crippen molar-refractivity contribution >= 4 is 123 Å². The molecule has 1 aromatic heterocycles. The van der Waals surface area contributed by atoms with Gasteiger partial charge in [-0.15, -0.1) is 11.8 Å². The second-order valence-electron chi connectivity index (χ2n) is 34.0. The molecule has 0 radical (unpaired) electrons. The molecule has 42 heteroatoms. The zero-order chi connectivity index (χ0) is 97.9. The molecule has 134 heavy (non-hydrogen) atoms. The minimum Gasteiger partial charge on any atom is -0.508 e. The van der Waals surface area contributed by atoms with Crippen LogP contribution in [0.1, 0.15) is 113 Å². The van der Waals surface area contributed by atoms with Gasteiger partial charge in [0, 0.05) is 108 Å². The van der Waals surface area contributed by atoms with E-state index < -0.39 is 285 Å². The highest BCUT2D eigenvalue weighted by Gasteiger charge is 2.48. The van der Waals surface area contributed by atoms with E-state index in [1.165, 1.54) is 59.3 Å². The standard InChI is InChI=1S/C92H118F2N18O21S/c1-7-8-25-70-91(132)112-47-58(115)42-73(112)87(128)105-67(43-78(119)120)84(125)107-79(50(2)3)92(133)109(5)71(38-51-18-11-9-12-19-51)85(126)102-64(32-33-75(96)116)89(130)111-46-57(114)41-72(111)86(127)104-66(40-55-44-98-62-23-16-15-22-59(55)62)83(124)103-65(36-53-26-29-56(113)30-27-53)82(123)101-63(24-17-34-95)81(122)106-69(80(121)99-45-76(97)117)48-134-49-77(118)100-68(37-54-28-31-60(93)61(94)35-54)88(129)110(6)74(90(131)108(70)4)39-52-20-13-10-14-21-52/h9-16,18-23,26-31,35,44,50,57-58,63-74,79,98,113-115H,7-8,17,24-25,32-34,36-43,45-49,95H2,1-6H3,(H2,96,116)(H2,97,117)(H,99,121)(H,100,118)(H,101,123)(H,102,126)(H,103,124)(H,104,127)(H,105,128)(H,106,122)(H,107,125)(H,119,120)/t57-,58-,63+,64+,65+,66+,67+,68+,69+,70+,71+,72-,73-,74+,79+/m1/s1. The number of nitrogens with one attached hydrogen (secondary N) is 10. The molecule has 4 heterocycles. The lowest BCUT2D eigenvalue weighted by Gasteiger charge is -2.38. The number of phenolic OH excluding ortho intramolecular Hbond substituents is 1. The smallest absolute Gasteiger partial charge is 0.305 e. The second-order valence-corrected chi connectivity index (χ2v) is 35.1. The normalized spacial score (nSPS) is 24.6. The molecule has 5 aromatic carbocycles. The first-order chi connectivity index (χ1) is 63.7. The van der Waals surface area contributed by atoms with Gasteiger partial charge in [-0.25, -0.2) is 8.78 Å². The van der Waals surface area contributed by atoms with Crippen molar-refractivity contribution < 1.29 is 111 Å². The molecule has 0 unspecified atom stereocenters. The number of thioether (sulfide) groups is 1. The van der Waals surface area contributed by atoms with Gasteiger partial charge >= 0.3 is 5.97 Å². The van der Waals surface area contributed by atoms with Crippen molar-refractivity contribution in [2.75, 3.05) is 58.8 Å². The number of nitrogens with zero attached hydrogens (tertiary/aromatic N) is 5. The Morgan fingerprint density at radius 2 is 1.03 bits per heavy atom. The van der Waals surface area contributed by atoms with Crippen LogP contribution in [0, 0.1) is 17.6 Å². The number of primary amides is 2. The van der Waals surface area contributed by atoms with Crippen LogP contribution < -0.4 is 65.1 Å². The highest BCUT2D eigenvalue weighted by atomic mass is 32.2. The van der Waals surface area contributed by atoms with E-state index in [1.807, 2.05) is 0 Å². The van der Waals surface area contributed by atoms with Gasteiger partial charge in [0.2, 0.25) is 94.5 Å². The fourth-order valence-corrected chi connectivity index (χ4v) is 17.2. The first kappa shape index (κ1) is 104. The van der Waals surface area contributed by atoms with Crippen molar-refractivity contribution in [1.29, 1.82) is 0 Å². The molecule has 0 saturated carbocycles. The summed E-state index contributed by atoms with van der Waals surface area (Å²) in [5.74, 6) is -23.2. The third kappa shape index (κ3) is 29.0. The van der Waals surface area contributed by atoms with Crippen LogP contribution >= 0.6 is 11.8 Å². The van der Waals surface area contributed by atoms with Crippen LogP contribution in [0.4, 0.5) is 8.78 Å². The summed E-state index contributed by atoms with van der Waals surface area (Å²) in [6.45, 7) is 2.78. The molecule has 15 atom stereocenters. The number of amides is 16. The average Bonchev–Trinajstić information content (AvgIpc) is 1.45. The molecule has 3 saturated heterocycles. The topological polar surface area (TPSA) is 589 Å². The molecule has 3 aliphatic rings. The Balaban J connectivity index is 1.14. The average molecular weight is 1880 g/mol. The number of aliphatic carboxylic acids is 1. The second kappa shape index (κ2) is 49.3. The number of carbonyl (C=O) groups is 17. The minimum absolute atomic E-state index is 0.0180. The number of para-hydroxylation sites is 1. The van der Waals surface area contributed by atoms with Crippen molar-refractivity contribution in [1.82, 2.24) is 77.3 Å². The summed E-state index contributed by atoms with van der Waals surface area (Å²) in [6.07, 6.45) is -6.25. The van der Waals surface area contributed by atoms with Crippen LogP contribution in [0.5, 0.6) is 5.75 Å². The molecule has 39 nitrogen and oxygen atoms in total. The number of carboxylic acid groups (broad SMARTS) is 1. The molecule has 0 bridgehead atoms. The van der Waals surface area contributed by atoms with Gasteiger partial charge in [-0.05, 0) is 96.3 Å². The van der Waals surface area contributed by atoms with Crippen LogP contribution in [0.25, 0.3) is 10.9 Å². The predicted molar refractivity (Wildman–Crippen MR) is 484 cm³/mol. The number of unbranched alkanes of at least 4 members (excludes halogenated alkanes) is 1. The van der Waals surface area contributed by atoms with Gasteiger partial charge in [0.05, 0.1) is 30.9 Å². The van der Waals surface area contributed by atoms with E-state index in [9.17, 15) is 63.2 Å². The molecule has 6 aromatic rings. The minimum atomic E-state index is -2.05. The number of halogens is 2. The molecule has 3 aliphatic heterocycles. The van der Waals surface area contributed by atoms with Crippen LogP contribution in [0.3, 0.4) is 0 Å². The Morgan fingerprint density at radius 1 is 0.507 bits per heavy atom. The zero-order valence-corrected chi connectivity index (χ0v) is 76.0. The first-order valence-electron chi connectivity index (χ1n) is 44.1. The monoisotopic (exact) mass is 1880 g/mol. The Hall–Kier alpha value is -13.5.